The van der Waals surface area contributed by atoms with Gasteiger partial charge in [0.15, 0.2) is 0 Å². The average molecular weight is 245 g/mol. The van der Waals surface area contributed by atoms with E-state index in [4.69, 9.17) is 0 Å². The second-order valence-corrected chi connectivity index (χ2v) is 4.13. The van der Waals surface area contributed by atoms with Crippen molar-refractivity contribution >= 4 is 17.0 Å². The highest BCUT2D eigenvalue weighted by atomic mass is 16.6. The van der Waals surface area contributed by atoms with Crippen LogP contribution in [-0.2, 0) is 0 Å². The molecule has 0 aliphatic carbocycles. The third-order valence-electron chi connectivity index (χ3n) is 2.83. The van der Waals surface area contributed by atoms with Crippen molar-refractivity contribution in [1.29, 1.82) is 0 Å². The SMILES string of the molecule is CN1C=CN(c2nn3ccccc3c2[N+](=O)[O-])C1. The maximum atomic E-state index is 11.2. The van der Waals surface area contributed by atoms with Crippen molar-refractivity contribution in [1.82, 2.24) is 14.5 Å². The first-order valence-electron chi connectivity index (χ1n) is 5.44. The minimum Gasteiger partial charge on any atom is -0.361 e. The summed E-state index contributed by atoms with van der Waals surface area (Å²) in [5.74, 6) is 0.367. The molecule has 0 saturated heterocycles. The fraction of sp³-hybridized carbons (Fsp3) is 0.182. The van der Waals surface area contributed by atoms with Crippen molar-refractivity contribution in [3.63, 3.8) is 0 Å². The molecule has 3 heterocycles. The molecular weight excluding hydrogens is 234 g/mol. The summed E-state index contributed by atoms with van der Waals surface area (Å²) in [5, 5.41) is 15.5. The Hall–Kier alpha value is -2.57. The predicted molar refractivity (Wildman–Crippen MR) is 66.1 cm³/mol. The van der Waals surface area contributed by atoms with E-state index in [-0.39, 0.29) is 10.6 Å². The molecule has 0 radical (unpaired) electrons. The van der Waals surface area contributed by atoms with Crippen LogP contribution in [0.4, 0.5) is 11.5 Å². The largest absolute Gasteiger partial charge is 0.361 e. The number of nitrogens with zero attached hydrogens (tertiary/aromatic N) is 5. The van der Waals surface area contributed by atoms with Crippen molar-refractivity contribution in [2.24, 2.45) is 0 Å². The summed E-state index contributed by atoms with van der Waals surface area (Å²) in [6, 6.07) is 5.25. The number of hydrogen-bond donors (Lipinski definition) is 0. The number of aromatic nitrogens is 2. The zero-order valence-electron chi connectivity index (χ0n) is 9.72. The fourth-order valence-corrected chi connectivity index (χ4v) is 2.01. The molecule has 1 aliphatic heterocycles. The Morgan fingerprint density at radius 1 is 1.39 bits per heavy atom. The minimum atomic E-state index is -0.385. The molecule has 0 bridgehead atoms. The van der Waals surface area contributed by atoms with Crippen LogP contribution in [0.1, 0.15) is 0 Å². The molecule has 7 heteroatoms. The molecule has 1 aliphatic rings. The molecule has 7 nitrogen and oxygen atoms in total. The van der Waals surface area contributed by atoms with E-state index in [1.807, 2.05) is 18.1 Å². The Labute approximate surface area is 103 Å². The lowest BCUT2D eigenvalue weighted by Gasteiger charge is -2.14. The van der Waals surface area contributed by atoms with E-state index in [1.54, 1.807) is 35.5 Å². The van der Waals surface area contributed by atoms with Crippen LogP contribution in [0.5, 0.6) is 0 Å². The number of nitro groups is 1. The van der Waals surface area contributed by atoms with Crippen LogP contribution in [0.25, 0.3) is 5.52 Å². The number of fused-ring (bicyclic) bond motifs is 1. The van der Waals surface area contributed by atoms with Crippen molar-refractivity contribution in [2.45, 2.75) is 0 Å². The predicted octanol–water partition coefficient (Wildman–Crippen LogP) is 1.42. The smallest absolute Gasteiger partial charge is 0.339 e. The normalized spacial score (nSPS) is 14.7. The molecule has 3 rings (SSSR count). The molecule has 18 heavy (non-hydrogen) atoms. The molecule has 92 valence electrons. The van der Waals surface area contributed by atoms with Gasteiger partial charge >= 0.3 is 5.69 Å². The van der Waals surface area contributed by atoms with Gasteiger partial charge in [-0.05, 0) is 12.1 Å². The average Bonchev–Trinajstić information content (AvgIpc) is 2.91. The van der Waals surface area contributed by atoms with Crippen LogP contribution in [0.2, 0.25) is 0 Å². The molecule has 0 amide bonds. The molecule has 2 aromatic rings. The number of hydrogen-bond acceptors (Lipinski definition) is 5. The standard InChI is InChI=1S/C11H11N5O2/c1-13-6-7-14(8-13)11-10(16(17)18)9-4-2-3-5-15(9)12-11/h2-7H,8H2,1H3. The molecule has 2 aromatic heterocycles. The Morgan fingerprint density at radius 3 is 2.89 bits per heavy atom. The van der Waals surface area contributed by atoms with Crippen LogP contribution in [0, 0.1) is 10.1 Å². The van der Waals surface area contributed by atoms with E-state index in [9.17, 15) is 10.1 Å². The highest BCUT2D eigenvalue weighted by Gasteiger charge is 2.28. The van der Waals surface area contributed by atoms with Gasteiger partial charge < -0.3 is 9.80 Å². The van der Waals surface area contributed by atoms with E-state index >= 15 is 0 Å². The van der Waals surface area contributed by atoms with Crippen LogP contribution in [0.3, 0.4) is 0 Å². The van der Waals surface area contributed by atoms with Gasteiger partial charge in [-0.1, -0.05) is 6.07 Å². The summed E-state index contributed by atoms with van der Waals surface area (Å²) < 4.78 is 1.53. The first-order chi connectivity index (χ1) is 8.66. The maximum absolute atomic E-state index is 11.2. The third-order valence-corrected chi connectivity index (χ3v) is 2.83. The van der Waals surface area contributed by atoms with E-state index < -0.39 is 0 Å². The molecule has 0 N–H and O–H groups in total. The van der Waals surface area contributed by atoms with Crippen molar-refractivity contribution in [2.75, 3.05) is 18.6 Å². The molecule has 0 fully saturated rings. The van der Waals surface area contributed by atoms with Crippen molar-refractivity contribution in [3.05, 3.63) is 46.9 Å². The van der Waals surface area contributed by atoms with Gasteiger partial charge in [0.05, 0.1) is 11.6 Å². The summed E-state index contributed by atoms with van der Waals surface area (Å²) in [5.41, 5.74) is 0.538. The lowest BCUT2D eigenvalue weighted by molar-refractivity contribution is -0.382. The fourth-order valence-electron chi connectivity index (χ4n) is 2.01. The molecule has 0 aromatic carbocycles. The molecule has 0 spiro atoms. The van der Waals surface area contributed by atoms with Crippen LogP contribution in [-0.4, -0.2) is 33.2 Å². The number of anilines is 1. The zero-order chi connectivity index (χ0) is 12.7. The zero-order valence-corrected chi connectivity index (χ0v) is 9.72. The van der Waals surface area contributed by atoms with E-state index in [0.717, 1.165) is 0 Å². The van der Waals surface area contributed by atoms with Gasteiger partial charge in [0.1, 0.15) is 5.52 Å². The summed E-state index contributed by atoms with van der Waals surface area (Å²) in [6.07, 6.45) is 5.35. The minimum absolute atomic E-state index is 0.0375. The van der Waals surface area contributed by atoms with Crippen molar-refractivity contribution < 1.29 is 4.92 Å². The van der Waals surface area contributed by atoms with Crippen LogP contribution in [0.15, 0.2) is 36.8 Å². The summed E-state index contributed by atoms with van der Waals surface area (Å²) in [7, 11) is 1.90. The third kappa shape index (κ3) is 1.48. The van der Waals surface area contributed by atoms with Crippen molar-refractivity contribution in [3.8, 4) is 0 Å². The van der Waals surface area contributed by atoms with Gasteiger partial charge in [-0.3, -0.25) is 10.1 Å². The highest BCUT2D eigenvalue weighted by molar-refractivity contribution is 5.77. The molecule has 0 unspecified atom stereocenters. The Kier molecular flexibility index (Phi) is 2.19. The lowest BCUT2D eigenvalue weighted by Crippen LogP contribution is -2.22. The van der Waals surface area contributed by atoms with Gasteiger partial charge in [-0.15, -0.1) is 5.10 Å². The Morgan fingerprint density at radius 2 is 2.22 bits per heavy atom. The number of rotatable bonds is 2. The molecule has 0 atom stereocenters. The van der Waals surface area contributed by atoms with Gasteiger partial charge in [-0.2, -0.15) is 0 Å². The first-order valence-corrected chi connectivity index (χ1v) is 5.44. The first kappa shape index (κ1) is 10.6. The van der Waals surface area contributed by atoms with E-state index in [1.165, 1.54) is 4.52 Å². The van der Waals surface area contributed by atoms with Crippen LogP contribution < -0.4 is 4.90 Å². The van der Waals surface area contributed by atoms with Crippen LogP contribution >= 0.6 is 0 Å². The topological polar surface area (TPSA) is 66.9 Å². The second-order valence-electron chi connectivity index (χ2n) is 4.13. The summed E-state index contributed by atoms with van der Waals surface area (Å²) in [6.45, 7) is 0.560. The van der Waals surface area contributed by atoms with Gasteiger partial charge in [-0.25, -0.2) is 4.52 Å². The van der Waals surface area contributed by atoms with Gasteiger partial charge in [0, 0.05) is 25.6 Å². The summed E-state index contributed by atoms with van der Waals surface area (Å²) >= 11 is 0. The quantitative estimate of drug-likeness (QED) is 0.591. The Balaban J connectivity index is 2.19. The highest BCUT2D eigenvalue weighted by Crippen LogP contribution is 2.32. The van der Waals surface area contributed by atoms with E-state index in [0.29, 0.717) is 18.0 Å². The van der Waals surface area contributed by atoms with Gasteiger partial charge in [0.25, 0.3) is 0 Å². The Bertz CT molecular complexity index is 648. The van der Waals surface area contributed by atoms with E-state index in [2.05, 4.69) is 5.10 Å². The van der Waals surface area contributed by atoms with Gasteiger partial charge in [0.2, 0.25) is 5.82 Å². The monoisotopic (exact) mass is 245 g/mol. The maximum Gasteiger partial charge on any atom is 0.339 e. The number of pyridine rings is 1. The molecular formula is C11H11N5O2. The summed E-state index contributed by atoms with van der Waals surface area (Å²) in [4.78, 5) is 14.5. The lowest BCUT2D eigenvalue weighted by atomic mass is 10.3. The second kappa shape index (κ2) is 3.73. The molecule has 0 saturated carbocycles.